The topological polar surface area (TPSA) is 76.7 Å². The third kappa shape index (κ3) is 5.54. The number of halogens is 1. The molecule has 6 nitrogen and oxygen atoms in total. The van der Waals surface area contributed by atoms with Gasteiger partial charge in [0.15, 0.2) is 0 Å². The van der Waals surface area contributed by atoms with Crippen molar-refractivity contribution >= 4 is 39.9 Å². The first-order valence-corrected chi connectivity index (χ1v) is 10.3. The fourth-order valence-corrected chi connectivity index (χ4v) is 3.45. The summed E-state index contributed by atoms with van der Waals surface area (Å²) < 4.78 is 10.2. The molecule has 31 heavy (non-hydrogen) atoms. The van der Waals surface area contributed by atoms with E-state index in [9.17, 15) is 9.59 Å². The van der Waals surface area contributed by atoms with Crippen molar-refractivity contribution in [1.29, 1.82) is 0 Å². The van der Waals surface area contributed by atoms with Crippen LogP contribution < -0.4 is 15.4 Å². The molecule has 0 spiro atoms. The van der Waals surface area contributed by atoms with Gasteiger partial charge in [-0.1, -0.05) is 35.9 Å². The lowest BCUT2D eigenvalue weighted by atomic mass is 9.97. The quantitative estimate of drug-likeness (QED) is 0.501. The number of fused-ring (bicyclic) bond motifs is 1. The van der Waals surface area contributed by atoms with Gasteiger partial charge in [-0.3, -0.25) is 9.59 Å². The second-order valence-corrected chi connectivity index (χ2v) is 7.53. The van der Waals surface area contributed by atoms with E-state index in [0.717, 1.165) is 22.1 Å². The molecule has 0 radical (unpaired) electrons. The Kier molecular flexibility index (Phi) is 7.50. The van der Waals surface area contributed by atoms with Gasteiger partial charge in [-0.25, -0.2) is 0 Å². The van der Waals surface area contributed by atoms with E-state index in [4.69, 9.17) is 21.1 Å². The lowest BCUT2D eigenvalue weighted by Gasteiger charge is -2.14. The number of carbonyl (C=O) groups excluding carboxylic acids is 2. The van der Waals surface area contributed by atoms with Crippen molar-refractivity contribution < 1.29 is 19.1 Å². The molecule has 0 aliphatic heterocycles. The highest BCUT2D eigenvalue weighted by molar-refractivity contribution is 6.34. The zero-order valence-electron chi connectivity index (χ0n) is 17.7. The summed E-state index contributed by atoms with van der Waals surface area (Å²) in [4.78, 5) is 25.0. The van der Waals surface area contributed by atoms with Crippen molar-refractivity contribution in [3.8, 4) is 5.75 Å². The number of carbonyl (C=O) groups is 2. The van der Waals surface area contributed by atoms with Gasteiger partial charge in [-0.2, -0.15) is 0 Å². The van der Waals surface area contributed by atoms with E-state index in [2.05, 4.69) is 10.6 Å². The predicted octanol–water partition coefficient (Wildman–Crippen LogP) is 4.62. The van der Waals surface area contributed by atoms with Crippen molar-refractivity contribution in [1.82, 2.24) is 5.32 Å². The molecule has 1 atom stereocenters. The van der Waals surface area contributed by atoms with Crippen molar-refractivity contribution in [2.24, 2.45) is 0 Å². The van der Waals surface area contributed by atoms with Crippen molar-refractivity contribution in [2.45, 2.75) is 12.8 Å². The van der Waals surface area contributed by atoms with Gasteiger partial charge >= 0.3 is 0 Å². The lowest BCUT2D eigenvalue weighted by Crippen LogP contribution is -2.27. The van der Waals surface area contributed by atoms with E-state index >= 15 is 0 Å². The molecule has 3 rings (SSSR count). The molecule has 2 N–H and O–H groups in total. The number of benzene rings is 3. The molecule has 0 aromatic heterocycles. The minimum absolute atomic E-state index is 0.166. The molecule has 0 unspecified atom stereocenters. The molecule has 3 aromatic rings. The van der Waals surface area contributed by atoms with Gasteiger partial charge in [-0.05, 0) is 53.6 Å². The molecule has 2 amide bonds. The van der Waals surface area contributed by atoms with Crippen LogP contribution in [0.3, 0.4) is 0 Å². The molecular weight excluding hydrogens is 416 g/mol. The normalized spacial score (nSPS) is 11.7. The number of anilines is 1. The maximum Gasteiger partial charge on any atom is 0.252 e. The summed E-state index contributed by atoms with van der Waals surface area (Å²) in [5.74, 6) is -0.0386. The van der Waals surface area contributed by atoms with Gasteiger partial charge in [0.25, 0.3) is 5.91 Å². The van der Waals surface area contributed by atoms with Crippen molar-refractivity contribution in [3.05, 3.63) is 70.7 Å². The first kappa shape index (κ1) is 22.6. The number of hydrogen-bond acceptors (Lipinski definition) is 4. The van der Waals surface area contributed by atoms with Gasteiger partial charge in [0.1, 0.15) is 5.75 Å². The van der Waals surface area contributed by atoms with Crippen LogP contribution in [0.15, 0.2) is 54.6 Å². The Hall–Kier alpha value is -3.09. The minimum Gasteiger partial charge on any atom is -0.497 e. The average molecular weight is 441 g/mol. The van der Waals surface area contributed by atoms with Gasteiger partial charge in [0.2, 0.25) is 5.91 Å². The molecule has 3 aromatic carbocycles. The molecule has 7 heteroatoms. The van der Waals surface area contributed by atoms with Crippen LogP contribution in [0.4, 0.5) is 5.69 Å². The number of ether oxygens (including phenoxy) is 2. The predicted molar refractivity (Wildman–Crippen MR) is 123 cm³/mol. The zero-order chi connectivity index (χ0) is 22.4. The summed E-state index contributed by atoms with van der Waals surface area (Å²) in [5, 5.41) is 7.93. The standard InChI is InChI=1S/C24H25ClN2O4/c1-15(16-4-5-18-13-20(31-3)8-6-17(18)12-16)23(28)27-19-7-9-21(22(25)14-19)24(29)26-10-11-30-2/h4-9,12-15H,10-11H2,1-3H3,(H,26,29)(H,27,28)/t15-/m0/s1. The summed E-state index contributed by atoms with van der Waals surface area (Å²) in [6.07, 6.45) is 0. The van der Waals surface area contributed by atoms with Crippen LogP contribution >= 0.6 is 11.6 Å². The third-order valence-electron chi connectivity index (χ3n) is 5.04. The van der Waals surface area contributed by atoms with Crippen LogP contribution in [0.25, 0.3) is 10.8 Å². The number of methoxy groups -OCH3 is 2. The highest BCUT2D eigenvalue weighted by Gasteiger charge is 2.17. The fourth-order valence-electron chi connectivity index (χ4n) is 3.18. The molecule has 0 fully saturated rings. The van der Waals surface area contributed by atoms with E-state index in [1.54, 1.807) is 32.4 Å². The SMILES string of the molecule is COCCNC(=O)c1ccc(NC(=O)[C@@H](C)c2ccc3cc(OC)ccc3c2)cc1Cl. The molecule has 0 bridgehead atoms. The summed E-state index contributed by atoms with van der Waals surface area (Å²) in [7, 11) is 3.20. The van der Waals surface area contributed by atoms with Crippen LogP contribution in [-0.2, 0) is 9.53 Å². The number of amides is 2. The Labute approximate surface area is 186 Å². The first-order chi connectivity index (χ1) is 14.9. The van der Waals surface area contributed by atoms with Gasteiger partial charge in [0.05, 0.1) is 30.2 Å². The maximum atomic E-state index is 12.8. The fraction of sp³-hybridized carbons (Fsp3) is 0.250. The van der Waals surface area contributed by atoms with E-state index in [1.165, 1.54) is 0 Å². The molecule has 0 aliphatic carbocycles. The number of nitrogens with one attached hydrogen (secondary N) is 2. The lowest BCUT2D eigenvalue weighted by molar-refractivity contribution is -0.117. The Bertz CT molecular complexity index is 1100. The first-order valence-electron chi connectivity index (χ1n) is 9.88. The number of hydrogen-bond donors (Lipinski definition) is 2. The average Bonchev–Trinajstić information content (AvgIpc) is 2.77. The van der Waals surface area contributed by atoms with Crippen LogP contribution in [0.1, 0.15) is 28.8 Å². The highest BCUT2D eigenvalue weighted by atomic mass is 35.5. The Morgan fingerprint density at radius 1 is 1.00 bits per heavy atom. The Morgan fingerprint density at radius 3 is 2.45 bits per heavy atom. The van der Waals surface area contributed by atoms with Gasteiger partial charge in [-0.15, -0.1) is 0 Å². The Morgan fingerprint density at radius 2 is 1.74 bits per heavy atom. The van der Waals surface area contributed by atoms with Gasteiger partial charge in [0, 0.05) is 19.3 Å². The number of rotatable bonds is 8. The van der Waals surface area contributed by atoms with Crippen LogP contribution in [0.2, 0.25) is 5.02 Å². The molecule has 0 heterocycles. The van der Waals surface area contributed by atoms with Crippen molar-refractivity contribution in [3.63, 3.8) is 0 Å². The molecule has 162 valence electrons. The molecule has 0 aliphatic rings. The van der Waals surface area contributed by atoms with Gasteiger partial charge < -0.3 is 20.1 Å². The van der Waals surface area contributed by atoms with Crippen molar-refractivity contribution in [2.75, 3.05) is 32.7 Å². The third-order valence-corrected chi connectivity index (χ3v) is 5.35. The highest BCUT2D eigenvalue weighted by Crippen LogP contribution is 2.27. The zero-order valence-corrected chi connectivity index (χ0v) is 18.5. The largest absolute Gasteiger partial charge is 0.497 e. The van der Waals surface area contributed by atoms with Crippen LogP contribution in [-0.4, -0.2) is 39.2 Å². The summed E-state index contributed by atoms with van der Waals surface area (Å²) >= 11 is 6.25. The molecular formula is C24H25ClN2O4. The monoisotopic (exact) mass is 440 g/mol. The second kappa shape index (κ2) is 10.3. The van der Waals surface area contributed by atoms with E-state index in [0.29, 0.717) is 24.4 Å². The summed E-state index contributed by atoms with van der Waals surface area (Å²) in [6, 6.07) is 16.6. The Balaban J connectivity index is 1.70. The molecule has 0 saturated carbocycles. The van der Waals surface area contributed by atoms with Crippen LogP contribution in [0.5, 0.6) is 5.75 Å². The van der Waals surface area contributed by atoms with E-state index in [1.807, 2.05) is 43.3 Å². The smallest absolute Gasteiger partial charge is 0.252 e. The summed E-state index contributed by atoms with van der Waals surface area (Å²) in [5.41, 5.74) is 1.77. The maximum absolute atomic E-state index is 12.8. The van der Waals surface area contributed by atoms with E-state index in [-0.39, 0.29) is 22.8 Å². The molecule has 0 saturated heterocycles. The van der Waals surface area contributed by atoms with E-state index < -0.39 is 0 Å². The minimum atomic E-state index is -0.373. The second-order valence-electron chi connectivity index (χ2n) is 7.13. The summed E-state index contributed by atoms with van der Waals surface area (Å²) in [6.45, 7) is 2.65. The van der Waals surface area contributed by atoms with Crippen LogP contribution in [0, 0.1) is 0 Å².